The minimum absolute atomic E-state index is 0.211. The molecule has 5 heteroatoms. The van der Waals surface area contributed by atoms with Gasteiger partial charge in [-0.05, 0) is 61.7 Å². The fraction of sp³-hybridized carbons (Fsp3) is 0.250. The summed E-state index contributed by atoms with van der Waals surface area (Å²) in [6.07, 6.45) is 0. The second-order valence-corrected chi connectivity index (χ2v) is 7.29. The van der Waals surface area contributed by atoms with E-state index in [1.807, 2.05) is 39.0 Å². The Hall–Kier alpha value is -1.36. The molecule has 1 unspecified atom stereocenters. The molecule has 0 aromatic heterocycles. The molecule has 112 valence electrons. The highest BCUT2D eigenvalue weighted by Crippen LogP contribution is 2.20. The van der Waals surface area contributed by atoms with Gasteiger partial charge in [-0.15, -0.1) is 0 Å². The summed E-state index contributed by atoms with van der Waals surface area (Å²) in [5.74, 6) is 0. The van der Waals surface area contributed by atoms with E-state index >= 15 is 0 Å². The van der Waals surface area contributed by atoms with Crippen molar-refractivity contribution in [2.75, 3.05) is 0 Å². The summed E-state index contributed by atoms with van der Waals surface area (Å²) in [6.45, 7) is 5.87. The molecule has 0 fully saturated rings. The molecule has 2 rings (SSSR count). The van der Waals surface area contributed by atoms with E-state index in [1.54, 1.807) is 12.1 Å². The van der Waals surface area contributed by atoms with Crippen LogP contribution >= 0.6 is 11.6 Å². The number of aryl methyl sites for hydroxylation is 2. The first-order valence-corrected chi connectivity index (χ1v) is 8.51. The Morgan fingerprint density at radius 2 is 1.62 bits per heavy atom. The number of rotatable bonds is 4. The average Bonchev–Trinajstić information content (AvgIpc) is 2.41. The predicted octanol–water partition coefficient (Wildman–Crippen LogP) is 4.00. The van der Waals surface area contributed by atoms with Crippen molar-refractivity contribution in [1.82, 2.24) is 4.72 Å². The molecule has 21 heavy (non-hydrogen) atoms. The Morgan fingerprint density at radius 1 is 1.00 bits per heavy atom. The van der Waals surface area contributed by atoms with Crippen molar-refractivity contribution in [2.24, 2.45) is 0 Å². The lowest BCUT2D eigenvalue weighted by molar-refractivity contribution is 0.567. The smallest absolute Gasteiger partial charge is 0.207 e. The Morgan fingerprint density at radius 3 is 2.19 bits per heavy atom. The summed E-state index contributed by atoms with van der Waals surface area (Å²) in [6, 6.07) is 11.8. The van der Waals surface area contributed by atoms with Gasteiger partial charge in [-0.2, -0.15) is 0 Å². The Labute approximate surface area is 131 Å². The molecule has 2 aromatic carbocycles. The SMILES string of the molecule is Cc1ccc(C(C)NS(=O)(=O)c2ccc(Cl)cc2)cc1C. The number of hydrogen-bond acceptors (Lipinski definition) is 2. The monoisotopic (exact) mass is 323 g/mol. The molecule has 0 amide bonds. The summed E-state index contributed by atoms with van der Waals surface area (Å²) in [5.41, 5.74) is 3.27. The van der Waals surface area contributed by atoms with E-state index in [1.165, 1.54) is 17.7 Å². The van der Waals surface area contributed by atoms with Crippen LogP contribution in [0.25, 0.3) is 0 Å². The molecule has 3 nitrogen and oxygen atoms in total. The maximum Gasteiger partial charge on any atom is 0.241 e. The van der Waals surface area contributed by atoms with Gasteiger partial charge >= 0.3 is 0 Å². The molecule has 0 aliphatic heterocycles. The lowest BCUT2D eigenvalue weighted by Gasteiger charge is -2.16. The van der Waals surface area contributed by atoms with Gasteiger partial charge in [0, 0.05) is 11.1 Å². The van der Waals surface area contributed by atoms with E-state index < -0.39 is 10.0 Å². The largest absolute Gasteiger partial charge is 0.241 e. The van der Waals surface area contributed by atoms with Gasteiger partial charge in [-0.25, -0.2) is 13.1 Å². The fourth-order valence-electron chi connectivity index (χ4n) is 2.02. The van der Waals surface area contributed by atoms with Gasteiger partial charge in [0.25, 0.3) is 0 Å². The average molecular weight is 324 g/mol. The third kappa shape index (κ3) is 3.84. The third-order valence-corrected chi connectivity index (χ3v) is 5.30. The Balaban J connectivity index is 2.23. The van der Waals surface area contributed by atoms with Crippen LogP contribution in [0.15, 0.2) is 47.4 Å². The van der Waals surface area contributed by atoms with Crippen LogP contribution in [0.4, 0.5) is 0 Å². The van der Waals surface area contributed by atoms with Gasteiger partial charge in [0.2, 0.25) is 10.0 Å². The van der Waals surface area contributed by atoms with Gasteiger partial charge in [0.05, 0.1) is 4.90 Å². The highest BCUT2D eigenvalue weighted by molar-refractivity contribution is 7.89. The molecule has 0 aliphatic rings. The fourth-order valence-corrected chi connectivity index (χ4v) is 3.37. The molecular weight excluding hydrogens is 306 g/mol. The number of nitrogens with one attached hydrogen (secondary N) is 1. The maximum absolute atomic E-state index is 12.3. The topological polar surface area (TPSA) is 46.2 Å². The van der Waals surface area contributed by atoms with Gasteiger partial charge in [-0.3, -0.25) is 0 Å². The molecule has 0 spiro atoms. The zero-order valence-electron chi connectivity index (χ0n) is 12.2. The van der Waals surface area contributed by atoms with Crippen LogP contribution in [0.3, 0.4) is 0 Å². The summed E-state index contributed by atoms with van der Waals surface area (Å²) in [4.78, 5) is 0.211. The van der Waals surface area contributed by atoms with E-state index in [-0.39, 0.29) is 10.9 Å². The molecule has 0 saturated heterocycles. The first-order valence-electron chi connectivity index (χ1n) is 6.64. The zero-order valence-corrected chi connectivity index (χ0v) is 13.8. The lowest BCUT2D eigenvalue weighted by atomic mass is 10.0. The Kier molecular flexibility index (Phi) is 4.71. The van der Waals surface area contributed by atoms with Crippen molar-refractivity contribution in [3.05, 3.63) is 64.2 Å². The minimum atomic E-state index is -3.56. The van der Waals surface area contributed by atoms with Crippen molar-refractivity contribution >= 4 is 21.6 Å². The zero-order chi connectivity index (χ0) is 15.6. The normalized spacial score (nSPS) is 13.1. The van der Waals surface area contributed by atoms with Crippen molar-refractivity contribution < 1.29 is 8.42 Å². The molecule has 0 heterocycles. The standard InChI is InChI=1S/C16H18ClNO2S/c1-11-4-5-14(10-12(11)2)13(3)18-21(19,20)16-8-6-15(17)7-9-16/h4-10,13,18H,1-3H3. The van der Waals surface area contributed by atoms with Crippen LogP contribution in [0.5, 0.6) is 0 Å². The summed E-state index contributed by atoms with van der Waals surface area (Å²) < 4.78 is 27.3. The third-order valence-electron chi connectivity index (χ3n) is 3.49. The summed E-state index contributed by atoms with van der Waals surface area (Å²) >= 11 is 5.78. The Bertz CT molecular complexity index is 739. The van der Waals surface area contributed by atoms with E-state index in [0.29, 0.717) is 5.02 Å². The molecule has 2 aromatic rings. The lowest BCUT2D eigenvalue weighted by Crippen LogP contribution is -2.26. The van der Waals surface area contributed by atoms with Crippen LogP contribution in [0, 0.1) is 13.8 Å². The van der Waals surface area contributed by atoms with Crippen LogP contribution in [0.2, 0.25) is 5.02 Å². The molecule has 0 saturated carbocycles. The highest BCUT2D eigenvalue weighted by atomic mass is 35.5. The summed E-state index contributed by atoms with van der Waals surface area (Å²) in [7, 11) is -3.56. The second kappa shape index (κ2) is 6.18. The van der Waals surface area contributed by atoms with Crippen molar-refractivity contribution in [3.63, 3.8) is 0 Å². The van der Waals surface area contributed by atoms with E-state index in [2.05, 4.69) is 4.72 Å². The van der Waals surface area contributed by atoms with Crippen LogP contribution < -0.4 is 4.72 Å². The number of hydrogen-bond donors (Lipinski definition) is 1. The first kappa shape index (κ1) is 16.0. The van der Waals surface area contributed by atoms with E-state index in [0.717, 1.165) is 11.1 Å². The quantitative estimate of drug-likeness (QED) is 0.924. The highest BCUT2D eigenvalue weighted by Gasteiger charge is 2.18. The molecule has 0 aliphatic carbocycles. The van der Waals surface area contributed by atoms with Gasteiger partial charge < -0.3 is 0 Å². The van der Waals surface area contributed by atoms with Crippen LogP contribution in [-0.4, -0.2) is 8.42 Å². The minimum Gasteiger partial charge on any atom is -0.207 e. The van der Waals surface area contributed by atoms with Crippen molar-refractivity contribution in [2.45, 2.75) is 31.7 Å². The van der Waals surface area contributed by atoms with Gasteiger partial charge in [0.15, 0.2) is 0 Å². The molecule has 1 N–H and O–H groups in total. The van der Waals surface area contributed by atoms with Gasteiger partial charge in [-0.1, -0.05) is 29.8 Å². The van der Waals surface area contributed by atoms with Crippen LogP contribution in [-0.2, 0) is 10.0 Å². The second-order valence-electron chi connectivity index (χ2n) is 5.14. The summed E-state index contributed by atoms with van der Waals surface area (Å²) in [5, 5.41) is 0.510. The predicted molar refractivity (Wildman–Crippen MR) is 86.1 cm³/mol. The van der Waals surface area contributed by atoms with E-state index in [4.69, 9.17) is 11.6 Å². The van der Waals surface area contributed by atoms with Gasteiger partial charge in [0.1, 0.15) is 0 Å². The maximum atomic E-state index is 12.3. The van der Waals surface area contributed by atoms with Crippen molar-refractivity contribution in [1.29, 1.82) is 0 Å². The number of benzene rings is 2. The first-order chi connectivity index (χ1) is 9.79. The number of sulfonamides is 1. The molecule has 0 bridgehead atoms. The molecule has 1 atom stereocenters. The van der Waals surface area contributed by atoms with E-state index in [9.17, 15) is 8.42 Å². The molecular formula is C16H18ClNO2S. The van der Waals surface area contributed by atoms with Crippen LogP contribution in [0.1, 0.15) is 29.7 Å². The number of halogens is 1. The molecule has 0 radical (unpaired) electrons. The van der Waals surface area contributed by atoms with Crippen molar-refractivity contribution in [3.8, 4) is 0 Å².